The number of carbonyl (C=O) groups excluding carboxylic acids is 1. The van der Waals surface area contributed by atoms with E-state index in [1.54, 1.807) is 0 Å². The second-order valence-corrected chi connectivity index (χ2v) is 2.49. The molecule has 5 heteroatoms. The van der Waals surface area contributed by atoms with Crippen molar-refractivity contribution < 1.29 is 19.8 Å². The summed E-state index contributed by atoms with van der Waals surface area (Å²) in [5.74, 6) is -1.09. The number of rotatable bonds is 2. The lowest BCUT2D eigenvalue weighted by Crippen LogP contribution is -2.34. The lowest BCUT2D eigenvalue weighted by Gasteiger charge is -2.12. The second-order valence-electron chi connectivity index (χ2n) is 2.49. The number of carboxylic acids is 1. The molecule has 61 valence electrons. The largest absolute Gasteiger partial charge is 0.480 e. The predicted octanol–water partition coefficient (Wildman–Crippen LogP) is -1.43. The van der Waals surface area contributed by atoms with Gasteiger partial charge in [0.1, 0.15) is 6.04 Å². The van der Waals surface area contributed by atoms with E-state index in [2.05, 4.69) is 0 Å². The molecule has 1 fully saturated rings. The zero-order valence-corrected chi connectivity index (χ0v) is 5.73. The summed E-state index contributed by atoms with van der Waals surface area (Å²) < 4.78 is 0. The lowest BCUT2D eigenvalue weighted by atomic mass is 10.2. The Morgan fingerprint density at radius 3 is 2.64 bits per heavy atom. The topological polar surface area (TPSA) is 77.8 Å². The van der Waals surface area contributed by atoms with Gasteiger partial charge in [-0.3, -0.25) is 4.79 Å². The molecule has 0 spiro atoms. The smallest absolute Gasteiger partial charge is 0.326 e. The number of aliphatic hydroxyl groups is 1. The van der Waals surface area contributed by atoms with E-state index in [9.17, 15) is 9.59 Å². The number of carbonyl (C=O) groups is 1. The standard InChI is InChI=1S/C6H8NO4/c8-3-7-2-4(9)1-5(7)6(10)11/h4-5,9H,1-2H2,(H,10,11)/t4-,5+/m1/s1. The van der Waals surface area contributed by atoms with Crippen molar-refractivity contribution in [2.75, 3.05) is 6.54 Å². The number of hydrogen-bond donors (Lipinski definition) is 2. The fourth-order valence-electron chi connectivity index (χ4n) is 1.15. The third-order valence-electron chi connectivity index (χ3n) is 1.68. The summed E-state index contributed by atoms with van der Waals surface area (Å²) in [7, 11) is 0. The van der Waals surface area contributed by atoms with Crippen LogP contribution in [0.15, 0.2) is 0 Å². The van der Waals surface area contributed by atoms with Gasteiger partial charge in [0.2, 0.25) is 0 Å². The highest BCUT2D eigenvalue weighted by Crippen LogP contribution is 2.15. The van der Waals surface area contributed by atoms with Crippen LogP contribution in [0.3, 0.4) is 0 Å². The molecule has 5 nitrogen and oxygen atoms in total. The summed E-state index contributed by atoms with van der Waals surface area (Å²) in [5.41, 5.74) is 0. The van der Waals surface area contributed by atoms with Crippen molar-refractivity contribution >= 4 is 12.4 Å². The van der Waals surface area contributed by atoms with E-state index < -0.39 is 18.1 Å². The van der Waals surface area contributed by atoms with Crippen LogP contribution in [0.25, 0.3) is 0 Å². The molecule has 0 aromatic heterocycles. The number of aliphatic hydroxyl groups excluding tert-OH is 1. The van der Waals surface area contributed by atoms with Crippen LogP contribution in [0.5, 0.6) is 0 Å². The number of hydrogen-bond acceptors (Lipinski definition) is 3. The van der Waals surface area contributed by atoms with Crippen LogP contribution >= 0.6 is 0 Å². The van der Waals surface area contributed by atoms with Crippen LogP contribution in [0.4, 0.5) is 0 Å². The van der Waals surface area contributed by atoms with E-state index in [0.717, 1.165) is 4.90 Å². The molecule has 1 radical (unpaired) electrons. The first-order valence-corrected chi connectivity index (χ1v) is 3.20. The summed E-state index contributed by atoms with van der Waals surface area (Å²) in [5, 5.41) is 17.5. The van der Waals surface area contributed by atoms with Crippen LogP contribution in [0.1, 0.15) is 6.42 Å². The molecule has 1 heterocycles. The Morgan fingerprint density at radius 2 is 2.27 bits per heavy atom. The van der Waals surface area contributed by atoms with Gasteiger partial charge < -0.3 is 15.1 Å². The highest BCUT2D eigenvalue weighted by Gasteiger charge is 2.35. The van der Waals surface area contributed by atoms with Gasteiger partial charge in [0.15, 0.2) is 0 Å². The van der Waals surface area contributed by atoms with Crippen molar-refractivity contribution in [3.8, 4) is 0 Å². The minimum Gasteiger partial charge on any atom is -0.480 e. The van der Waals surface area contributed by atoms with Crippen molar-refractivity contribution in [3.05, 3.63) is 0 Å². The van der Waals surface area contributed by atoms with Crippen LogP contribution < -0.4 is 0 Å². The monoisotopic (exact) mass is 158 g/mol. The van der Waals surface area contributed by atoms with Crippen LogP contribution in [-0.2, 0) is 9.59 Å². The fraction of sp³-hybridized carbons (Fsp3) is 0.667. The Bertz CT molecular complexity index is 181. The lowest BCUT2D eigenvalue weighted by molar-refractivity contribution is -0.141. The summed E-state index contributed by atoms with van der Waals surface area (Å²) in [4.78, 5) is 21.4. The number of aliphatic carboxylic acids is 1. The van der Waals surface area contributed by atoms with Crippen molar-refractivity contribution in [2.45, 2.75) is 18.6 Å². The molecule has 0 aliphatic carbocycles. The van der Waals surface area contributed by atoms with Crippen molar-refractivity contribution in [3.63, 3.8) is 0 Å². The third-order valence-corrected chi connectivity index (χ3v) is 1.68. The fourth-order valence-corrected chi connectivity index (χ4v) is 1.15. The number of nitrogens with zero attached hydrogens (tertiary/aromatic N) is 1. The second kappa shape index (κ2) is 2.87. The van der Waals surface area contributed by atoms with Crippen LogP contribution in [0, 0.1) is 0 Å². The van der Waals surface area contributed by atoms with Crippen molar-refractivity contribution in [2.24, 2.45) is 0 Å². The van der Waals surface area contributed by atoms with Gasteiger partial charge in [-0.05, 0) is 0 Å². The molecular formula is C6H8NO4. The number of amides is 1. The number of likely N-dealkylation sites (tertiary alicyclic amines) is 1. The van der Waals surface area contributed by atoms with Gasteiger partial charge in [0.05, 0.1) is 6.10 Å². The number of β-amino-alcohol motifs (C(OH)–C–C–N with tert-alkyl or cyclic N) is 1. The van der Waals surface area contributed by atoms with E-state index in [4.69, 9.17) is 10.2 Å². The molecule has 11 heavy (non-hydrogen) atoms. The quantitative estimate of drug-likeness (QED) is 0.516. The third kappa shape index (κ3) is 1.48. The molecule has 0 aromatic rings. The summed E-state index contributed by atoms with van der Waals surface area (Å²) in [6.07, 6.45) is 0.846. The summed E-state index contributed by atoms with van der Waals surface area (Å²) in [6.45, 7) is 0.0699. The van der Waals surface area contributed by atoms with E-state index in [0.29, 0.717) is 0 Å². The molecule has 2 N–H and O–H groups in total. The first-order valence-electron chi connectivity index (χ1n) is 3.20. The molecule has 1 aliphatic heterocycles. The van der Waals surface area contributed by atoms with Gasteiger partial charge >= 0.3 is 12.4 Å². The molecule has 0 aromatic carbocycles. The van der Waals surface area contributed by atoms with Gasteiger partial charge in [-0.1, -0.05) is 0 Å². The van der Waals surface area contributed by atoms with E-state index >= 15 is 0 Å². The summed E-state index contributed by atoms with van der Waals surface area (Å²) >= 11 is 0. The van der Waals surface area contributed by atoms with Crippen LogP contribution in [-0.4, -0.2) is 46.2 Å². The van der Waals surface area contributed by atoms with E-state index in [1.807, 2.05) is 0 Å². The maximum absolute atomic E-state index is 10.4. The minimum atomic E-state index is -1.09. The normalized spacial score (nSPS) is 30.5. The molecule has 1 rings (SSSR count). The highest BCUT2D eigenvalue weighted by atomic mass is 16.4. The Balaban J connectivity index is 2.64. The maximum Gasteiger partial charge on any atom is 0.326 e. The van der Waals surface area contributed by atoms with Gasteiger partial charge in [-0.25, -0.2) is 4.79 Å². The molecule has 0 saturated carbocycles. The molecule has 0 unspecified atom stereocenters. The van der Waals surface area contributed by atoms with Gasteiger partial charge in [0.25, 0.3) is 0 Å². The zero-order valence-electron chi connectivity index (χ0n) is 5.73. The predicted molar refractivity (Wildman–Crippen MR) is 34.4 cm³/mol. The molecule has 0 bridgehead atoms. The number of carboxylic acid groups (broad SMARTS) is 1. The molecule has 1 aliphatic rings. The Labute approximate surface area is 63.2 Å². The molecule has 1 amide bonds. The van der Waals surface area contributed by atoms with Gasteiger partial charge in [-0.2, -0.15) is 0 Å². The SMILES string of the molecule is O=[C]N1C[C@H](O)C[C@H]1C(=O)O. The van der Waals surface area contributed by atoms with Crippen LogP contribution in [0.2, 0.25) is 0 Å². The molecule has 2 atom stereocenters. The van der Waals surface area contributed by atoms with Crippen molar-refractivity contribution in [1.82, 2.24) is 4.90 Å². The molecular weight excluding hydrogens is 150 g/mol. The minimum absolute atomic E-state index is 0.0699. The highest BCUT2D eigenvalue weighted by molar-refractivity contribution is 5.77. The summed E-state index contributed by atoms with van der Waals surface area (Å²) in [6, 6.07) is -0.900. The van der Waals surface area contributed by atoms with Gasteiger partial charge in [0, 0.05) is 13.0 Å². The molecule has 1 saturated heterocycles. The zero-order chi connectivity index (χ0) is 8.43. The van der Waals surface area contributed by atoms with Crippen molar-refractivity contribution in [1.29, 1.82) is 0 Å². The van der Waals surface area contributed by atoms with Gasteiger partial charge in [-0.15, -0.1) is 0 Å². The average Bonchev–Trinajstić information content (AvgIpc) is 2.30. The van der Waals surface area contributed by atoms with E-state index in [-0.39, 0.29) is 13.0 Å². The first kappa shape index (κ1) is 8.00. The Kier molecular flexibility index (Phi) is 2.09. The van der Waals surface area contributed by atoms with E-state index in [1.165, 1.54) is 6.41 Å². The Hall–Kier alpha value is -1.10. The maximum atomic E-state index is 10.4. The Morgan fingerprint density at radius 1 is 1.64 bits per heavy atom. The first-order chi connectivity index (χ1) is 5.15. The average molecular weight is 158 g/mol.